The maximum atomic E-state index is 10.6. The van der Waals surface area contributed by atoms with Crippen LogP contribution < -0.4 is 0 Å². The second kappa shape index (κ2) is 12.5. The lowest BCUT2D eigenvalue weighted by atomic mass is 10.0. The zero-order chi connectivity index (χ0) is 35.3. The van der Waals surface area contributed by atoms with Crippen molar-refractivity contribution in [2.45, 2.75) is 25.7 Å². The molecule has 254 valence electrons. The Kier molecular flexibility index (Phi) is 7.51. The largest absolute Gasteiger partial charge is 0.508 e. The summed E-state index contributed by atoms with van der Waals surface area (Å²) in [6.45, 7) is 0. The fraction of sp³-hybridized carbons (Fsp3) is 0.0909. The number of nitrogens with one attached hydrogen (secondary N) is 2. The van der Waals surface area contributed by atoms with Gasteiger partial charge in [0, 0.05) is 44.3 Å². The van der Waals surface area contributed by atoms with Gasteiger partial charge in [-0.1, -0.05) is 48.5 Å². The Morgan fingerprint density at radius 1 is 0.346 bits per heavy atom. The molecule has 8 nitrogen and oxygen atoms in total. The van der Waals surface area contributed by atoms with Crippen molar-refractivity contribution in [3.63, 3.8) is 0 Å². The number of aromatic hydroxyl groups is 4. The third-order valence-electron chi connectivity index (χ3n) is 9.88. The molecule has 0 saturated carbocycles. The molecule has 0 unspecified atom stereocenters. The van der Waals surface area contributed by atoms with E-state index >= 15 is 0 Å². The van der Waals surface area contributed by atoms with E-state index in [-0.39, 0.29) is 23.0 Å². The number of phenolic OH excluding ortho intramolecular Hbond substituents is 4. The minimum atomic E-state index is 0.159. The van der Waals surface area contributed by atoms with E-state index < -0.39 is 0 Å². The molecular formula is C44H34N4O4. The first-order valence-corrected chi connectivity index (χ1v) is 17.3. The molecular weight excluding hydrogens is 649 g/mol. The van der Waals surface area contributed by atoms with Gasteiger partial charge in [0.1, 0.15) is 23.0 Å². The summed E-state index contributed by atoms with van der Waals surface area (Å²) in [4.78, 5) is 18.0. The highest BCUT2D eigenvalue weighted by Gasteiger charge is 2.23. The number of aromatic amines is 2. The zero-order valence-electron chi connectivity index (χ0n) is 28.1. The number of H-pyrrole nitrogens is 2. The van der Waals surface area contributed by atoms with Crippen molar-refractivity contribution in [3.8, 4) is 67.5 Å². The summed E-state index contributed by atoms with van der Waals surface area (Å²) in [5, 5.41) is 42.4. The molecule has 0 fully saturated rings. The molecule has 0 spiro atoms. The number of aromatic nitrogens is 4. The smallest absolute Gasteiger partial charge is 0.116 e. The maximum Gasteiger partial charge on any atom is 0.116 e. The van der Waals surface area contributed by atoms with Crippen LogP contribution in [0.25, 0.3) is 66.6 Å². The minimum absolute atomic E-state index is 0.159. The van der Waals surface area contributed by atoms with Crippen LogP contribution in [0.5, 0.6) is 23.0 Å². The Morgan fingerprint density at radius 3 is 0.827 bits per heavy atom. The molecule has 2 aliphatic heterocycles. The van der Waals surface area contributed by atoms with Gasteiger partial charge in [-0.05, 0) is 121 Å². The zero-order valence-corrected chi connectivity index (χ0v) is 28.1. The highest BCUT2D eigenvalue weighted by atomic mass is 16.3. The van der Waals surface area contributed by atoms with Crippen LogP contribution in [0.2, 0.25) is 0 Å². The first-order valence-electron chi connectivity index (χ1n) is 17.3. The summed E-state index contributed by atoms with van der Waals surface area (Å²) in [5.41, 5.74) is 13.6. The molecule has 0 radical (unpaired) electrons. The molecule has 7 aromatic rings. The quantitative estimate of drug-likeness (QED) is 0.109. The van der Waals surface area contributed by atoms with Gasteiger partial charge in [-0.3, -0.25) is 9.97 Å². The Labute approximate surface area is 299 Å². The van der Waals surface area contributed by atoms with Gasteiger partial charge in [0.25, 0.3) is 0 Å². The van der Waals surface area contributed by atoms with Gasteiger partial charge in [0.05, 0.1) is 22.8 Å². The van der Waals surface area contributed by atoms with E-state index in [0.29, 0.717) is 25.7 Å². The molecule has 3 aromatic heterocycles. The molecule has 5 heterocycles. The number of hydrogen-bond acceptors (Lipinski definition) is 6. The average Bonchev–Trinajstić information content (AvgIpc) is 3.96. The van der Waals surface area contributed by atoms with Gasteiger partial charge >= 0.3 is 0 Å². The normalized spacial score (nSPS) is 12.6. The van der Waals surface area contributed by atoms with Gasteiger partial charge in [-0.2, -0.15) is 0 Å². The highest BCUT2D eigenvalue weighted by molar-refractivity contribution is 5.92. The Bertz CT molecular complexity index is 2350. The average molecular weight is 683 g/mol. The summed E-state index contributed by atoms with van der Waals surface area (Å²) >= 11 is 0. The molecule has 52 heavy (non-hydrogen) atoms. The first-order chi connectivity index (χ1) is 25.4. The van der Waals surface area contributed by atoms with E-state index in [4.69, 9.17) is 9.97 Å². The lowest BCUT2D eigenvalue weighted by molar-refractivity contribution is 0.475. The van der Waals surface area contributed by atoms with E-state index in [9.17, 15) is 20.4 Å². The Hall–Kier alpha value is -6.80. The number of hydrogen-bond donors (Lipinski definition) is 6. The lowest BCUT2D eigenvalue weighted by Gasteiger charge is -2.07. The van der Waals surface area contributed by atoms with Gasteiger partial charge in [0.2, 0.25) is 0 Å². The summed E-state index contributed by atoms with van der Waals surface area (Å²) in [7, 11) is 0. The maximum absolute atomic E-state index is 10.6. The number of aryl methyl sites for hydroxylation is 4. The predicted octanol–water partition coefficient (Wildman–Crippen LogP) is 9.38. The van der Waals surface area contributed by atoms with Crippen LogP contribution in [-0.4, -0.2) is 40.4 Å². The number of benzene rings is 4. The third kappa shape index (κ3) is 5.60. The molecule has 4 aromatic carbocycles. The molecule has 6 N–H and O–H groups in total. The number of rotatable bonds is 4. The van der Waals surface area contributed by atoms with Gasteiger partial charge in [-0.25, -0.2) is 0 Å². The molecule has 9 rings (SSSR count). The second-order valence-corrected chi connectivity index (χ2v) is 13.3. The number of nitrogens with zero attached hydrogens (tertiary/aromatic N) is 2. The second-order valence-electron chi connectivity index (χ2n) is 13.3. The van der Waals surface area contributed by atoms with Gasteiger partial charge in [-0.15, -0.1) is 0 Å². The number of fused-ring (bicyclic) bond motifs is 8. The summed E-state index contributed by atoms with van der Waals surface area (Å²) in [5.74, 6) is 0.636. The van der Waals surface area contributed by atoms with Crippen molar-refractivity contribution < 1.29 is 20.4 Å². The standard InChI is InChI=1S/C44H34N4O4/c49-29-9-1-5-25(21-29)41-33-13-15-35(45-33)42(26-6-2-10-30(50)22-26)37-17-19-39(47-37)44(28-8-4-12-32(52)24-28)40-20-18-38(48-40)43(36-16-14-34(41)46-36)27-7-3-11-31(51)23-27/h1-13,15,18,20-24,45,48-52H,14,16-17,19H2. The van der Waals surface area contributed by atoms with E-state index in [1.54, 1.807) is 48.5 Å². The van der Waals surface area contributed by atoms with Crippen LogP contribution in [0.1, 0.15) is 22.8 Å². The van der Waals surface area contributed by atoms with Gasteiger partial charge in [0.15, 0.2) is 0 Å². The predicted molar refractivity (Wildman–Crippen MR) is 204 cm³/mol. The molecule has 0 atom stereocenters. The van der Waals surface area contributed by atoms with Crippen LogP contribution in [0.15, 0.2) is 121 Å². The fourth-order valence-corrected chi connectivity index (χ4v) is 7.68. The summed E-state index contributed by atoms with van der Waals surface area (Å²) in [6.07, 6.45) is 2.61. The van der Waals surface area contributed by atoms with Crippen LogP contribution in [0, 0.1) is 0 Å². The molecule has 2 aliphatic rings. The van der Waals surface area contributed by atoms with E-state index in [1.807, 2.05) is 72.8 Å². The van der Waals surface area contributed by atoms with Crippen molar-refractivity contribution in [1.29, 1.82) is 0 Å². The lowest BCUT2D eigenvalue weighted by Crippen LogP contribution is -1.90. The molecule has 0 saturated heterocycles. The molecule has 0 aliphatic carbocycles. The van der Waals surface area contributed by atoms with Crippen molar-refractivity contribution >= 4 is 22.1 Å². The highest BCUT2D eigenvalue weighted by Crippen LogP contribution is 2.39. The minimum Gasteiger partial charge on any atom is -0.508 e. The summed E-state index contributed by atoms with van der Waals surface area (Å²) in [6, 6.07) is 37.1. The Balaban J connectivity index is 1.48. The summed E-state index contributed by atoms with van der Waals surface area (Å²) < 4.78 is 0. The molecule has 8 heteroatoms. The third-order valence-corrected chi connectivity index (χ3v) is 9.88. The topological polar surface area (TPSA) is 138 Å². The van der Waals surface area contributed by atoms with Crippen molar-refractivity contribution in [3.05, 3.63) is 144 Å². The van der Waals surface area contributed by atoms with Crippen molar-refractivity contribution in [1.82, 2.24) is 19.9 Å². The van der Waals surface area contributed by atoms with Crippen LogP contribution in [-0.2, 0) is 25.7 Å². The first kappa shape index (κ1) is 31.2. The van der Waals surface area contributed by atoms with Crippen molar-refractivity contribution in [2.75, 3.05) is 0 Å². The van der Waals surface area contributed by atoms with Gasteiger partial charge < -0.3 is 30.4 Å². The molecule has 0 amide bonds. The monoisotopic (exact) mass is 682 g/mol. The molecule has 8 bridgehead atoms. The van der Waals surface area contributed by atoms with Crippen molar-refractivity contribution in [2.24, 2.45) is 0 Å². The SMILES string of the molecule is Oc1cccc(-c2c3nc(c(-c4cccc(O)c4)c4ccc([nH]4)c(-c4cccc(O)c4)c4nc(c(-c5cccc(O)c5)c5ccc2[nH]5)CC4)CC3)c1. The van der Waals surface area contributed by atoms with E-state index in [1.165, 1.54) is 0 Å². The van der Waals surface area contributed by atoms with Crippen LogP contribution in [0.3, 0.4) is 0 Å². The van der Waals surface area contributed by atoms with E-state index in [2.05, 4.69) is 9.97 Å². The number of phenols is 4. The fourth-order valence-electron chi connectivity index (χ4n) is 7.68. The Morgan fingerprint density at radius 2 is 0.596 bits per heavy atom. The van der Waals surface area contributed by atoms with Crippen LogP contribution in [0.4, 0.5) is 0 Å². The van der Waals surface area contributed by atoms with Crippen LogP contribution >= 0.6 is 0 Å². The van der Waals surface area contributed by atoms with E-state index in [0.717, 1.165) is 89.4 Å².